The molecule has 1 amide bonds. The Morgan fingerprint density at radius 1 is 1.29 bits per heavy atom. The molecule has 2 aromatic rings. The zero-order valence-corrected chi connectivity index (χ0v) is 18.0. The molecule has 1 atom stereocenters. The van der Waals surface area contributed by atoms with Crippen molar-refractivity contribution in [3.8, 4) is 0 Å². The second-order valence-corrected chi connectivity index (χ2v) is 9.37. The van der Waals surface area contributed by atoms with Gasteiger partial charge in [-0.15, -0.1) is 11.3 Å². The molecule has 1 aliphatic carbocycles. The van der Waals surface area contributed by atoms with Crippen molar-refractivity contribution in [1.82, 2.24) is 15.3 Å². The number of aromatic nitrogens is 2. The van der Waals surface area contributed by atoms with Crippen molar-refractivity contribution < 1.29 is 14.3 Å². The van der Waals surface area contributed by atoms with Gasteiger partial charge in [-0.05, 0) is 43.6 Å². The smallest absolute Gasteiger partial charge is 0.328 e. The zero-order chi connectivity index (χ0) is 20.3. The maximum absolute atomic E-state index is 12.3. The fraction of sp³-hybridized carbons (Fsp3) is 0.579. The van der Waals surface area contributed by atoms with E-state index in [0.29, 0.717) is 17.4 Å². The number of nitrogens with two attached hydrogens (primary N) is 1. The number of aryl methyl sites for hydroxylation is 2. The van der Waals surface area contributed by atoms with Gasteiger partial charge in [0.1, 0.15) is 16.7 Å². The van der Waals surface area contributed by atoms with Gasteiger partial charge in [-0.25, -0.2) is 14.8 Å². The van der Waals surface area contributed by atoms with E-state index in [1.807, 2.05) is 13.8 Å². The third-order valence-electron chi connectivity index (χ3n) is 4.68. The van der Waals surface area contributed by atoms with E-state index in [2.05, 4.69) is 15.3 Å². The molecule has 0 radical (unpaired) electrons. The minimum atomic E-state index is -0.643. The Labute approximate surface area is 172 Å². The second-order valence-electron chi connectivity index (χ2n) is 7.34. The molecule has 3 rings (SSSR count). The lowest BCUT2D eigenvalue weighted by atomic mass is 9.97. The average molecular weight is 423 g/mol. The normalized spacial score (nSPS) is 14.7. The lowest BCUT2D eigenvalue weighted by molar-refractivity contribution is -0.145. The van der Waals surface area contributed by atoms with E-state index in [1.54, 1.807) is 11.3 Å². The van der Waals surface area contributed by atoms with Crippen molar-refractivity contribution in [2.24, 2.45) is 5.92 Å². The number of thiophene rings is 1. The predicted octanol–water partition coefficient (Wildman–Crippen LogP) is 2.95. The number of ether oxygens (including phenoxy) is 1. The molecule has 28 heavy (non-hydrogen) atoms. The summed E-state index contributed by atoms with van der Waals surface area (Å²) < 4.78 is 4.78. The fourth-order valence-electron chi connectivity index (χ4n) is 3.42. The molecule has 1 aliphatic rings. The van der Waals surface area contributed by atoms with Crippen LogP contribution in [0.2, 0.25) is 0 Å². The van der Waals surface area contributed by atoms with Crippen LogP contribution < -0.4 is 11.1 Å². The van der Waals surface area contributed by atoms with Crippen LogP contribution in [-0.2, 0) is 27.2 Å². The average Bonchev–Trinajstić information content (AvgIpc) is 3.03. The quantitative estimate of drug-likeness (QED) is 0.401. The topological polar surface area (TPSA) is 107 Å². The van der Waals surface area contributed by atoms with E-state index in [4.69, 9.17) is 10.5 Å². The zero-order valence-electron chi connectivity index (χ0n) is 16.4. The van der Waals surface area contributed by atoms with Crippen LogP contribution in [0.25, 0.3) is 10.2 Å². The Morgan fingerprint density at radius 2 is 2.04 bits per heavy atom. The third kappa shape index (κ3) is 4.75. The summed E-state index contributed by atoms with van der Waals surface area (Å²) in [5.74, 6) is 0.167. The fourth-order valence-corrected chi connectivity index (χ4v) is 5.41. The van der Waals surface area contributed by atoms with Crippen LogP contribution in [0, 0.1) is 5.92 Å². The van der Waals surface area contributed by atoms with Gasteiger partial charge in [0.15, 0.2) is 5.16 Å². The number of esters is 1. The number of hydrogen-bond acceptors (Lipinski definition) is 8. The Morgan fingerprint density at radius 3 is 2.75 bits per heavy atom. The van der Waals surface area contributed by atoms with Crippen LogP contribution in [0.15, 0.2) is 5.16 Å². The number of nitrogens with one attached hydrogen (secondary N) is 1. The molecule has 0 aliphatic heterocycles. The summed E-state index contributed by atoms with van der Waals surface area (Å²) >= 11 is 2.90. The minimum Gasteiger partial charge on any atom is -0.467 e. The van der Waals surface area contributed by atoms with Crippen LogP contribution >= 0.6 is 23.1 Å². The first kappa shape index (κ1) is 20.9. The van der Waals surface area contributed by atoms with Gasteiger partial charge in [-0.3, -0.25) is 4.79 Å². The van der Waals surface area contributed by atoms with Gasteiger partial charge >= 0.3 is 5.97 Å². The van der Waals surface area contributed by atoms with E-state index in [9.17, 15) is 9.59 Å². The number of rotatable bonds is 7. The summed E-state index contributed by atoms with van der Waals surface area (Å²) in [6, 6.07) is -0.643. The van der Waals surface area contributed by atoms with Crippen molar-refractivity contribution in [2.75, 3.05) is 18.6 Å². The van der Waals surface area contributed by atoms with Crippen molar-refractivity contribution in [3.05, 3.63) is 10.4 Å². The van der Waals surface area contributed by atoms with Gasteiger partial charge in [0, 0.05) is 4.88 Å². The van der Waals surface area contributed by atoms with E-state index in [1.165, 1.54) is 42.2 Å². The number of methoxy groups -OCH3 is 1. The number of carbonyl (C=O) groups is 2. The van der Waals surface area contributed by atoms with Gasteiger partial charge in [-0.2, -0.15) is 0 Å². The Balaban J connectivity index is 1.67. The van der Waals surface area contributed by atoms with Crippen molar-refractivity contribution in [1.29, 1.82) is 0 Å². The Kier molecular flexibility index (Phi) is 6.77. The summed E-state index contributed by atoms with van der Waals surface area (Å²) in [6.07, 6.45) is 5.01. The highest BCUT2D eigenvalue weighted by atomic mass is 32.2. The number of amides is 1. The van der Waals surface area contributed by atoms with Gasteiger partial charge in [0.2, 0.25) is 5.91 Å². The molecule has 2 heterocycles. The maximum Gasteiger partial charge on any atom is 0.328 e. The molecule has 152 valence electrons. The van der Waals surface area contributed by atoms with E-state index in [-0.39, 0.29) is 17.6 Å². The molecule has 3 N–H and O–H groups in total. The van der Waals surface area contributed by atoms with Gasteiger partial charge < -0.3 is 15.8 Å². The summed E-state index contributed by atoms with van der Waals surface area (Å²) in [6.45, 7) is 3.98. The van der Waals surface area contributed by atoms with E-state index >= 15 is 0 Å². The summed E-state index contributed by atoms with van der Waals surface area (Å²) in [4.78, 5) is 35.4. The predicted molar refractivity (Wildman–Crippen MR) is 113 cm³/mol. The molecule has 0 bridgehead atoms. The molecule has 0 spiro atoms. The number of thioether (sulfide) groups is 1. The largest absolute Gasteiger partial charge is 0.467 e. The molecule has 7 nitrogen and oxygen atoms in total. The first-order valence-electron chi connectivity index (χ1n) is 9.46. The van der Waals surface area contributed by atoms with E-state index in [0.717, 1.165) is 23.1 Å². The SMILES string of the molecule is COC(=O)[C@@H](CC(C)C)NC(=O)CSc1nc(N)c2c3c(sc2n1)CCCC3. The standard InChI is InChI=1S/C19H26N4O3S2/c1-10(2)8-12(18(25)26-3)21-14(24)9-27-19-22-16(20)15-11-6-4-5-7-13(11)28-17(15)23-19/h10,12H,4-9H2,1-3H3,(H,21,24)(H2,20,22,23)/t12-/m1/s1. The summed E-state index contributed by atoms with van der Waals surface area (Å²) in [5.41, 5.74) is 7.50. The lowest BCUT2D eigenvalue weighted by Crippen LogP contribution is -2.43. The number of nitrogens with zero attached hydrogens (tertiary/aromatic N) is 2. The van der Waals surface area contributed by atoms with Crippen LogP contribution in [0.1, 0.15) is 43.6 Å². The number of carbonyl (C=O) groups excluding carboxylic acids is 2. The molecule has 0 saturated heterocycles. The van der Waals surface area contributed by atoms with Crippen LogP contribution in [-0.4, -0.2) is 40.7 Å². The first-order valence-corrected chi connectivity index (χ1v) is 11.3. The van der Waals surface area contributed by atoms with Gasteiger partial charge in [0.05, 0.1) is 18.2 Å². The highest BCUT2D eigenvalue weighted by Gasteiger charge is 2.23. The maximum atomic E-state index is 12.3. The number of nitrogen functional groups attached to an aromatic ring is 1. The van der Waals surface area contributed by atoms with Gasteiger partial charge in [-0.1, -0.05) is 25.6 Å². The first-order chi connectivity index (χ1) is 13.4. The molecule has 9 heteroatoms. The van der Waals surface area contributed by atoms with Crippen molar-refractivity contribution >= 4 is 51.0 Å². The molecular formula is C19H26N4O3S2. The van der Waals surface area contributed by atoms with E-state index < -0.39 is 12.0 Å². The molecule has 0 unspecified atom stereocenters. The number of fused-ring (bicyclic) bond motifs is 3. The highest BCUT2D eigenvalue weighted by Crippen LogP contribution is 2.38. The molecule has 0 aromatic carbocycles. The second kappa shape index (κ2) is 9.09. The van der Waals surface area contributed by atoms with Crippen molar-refractivity contribution in [2.45, 2.75) is 57.1 Å². The van der Waals surface area contributed by atoms with Crippen LogP contribution in [0.3, 0.4) is 0 Å². The number of hydrogen-bond donors (Lipinski definition) is 2. The monoisotopic (exact) mass is 422 g/mol. The summed E-state index contributed by atoms with van der Waals surface area (Å²) in [7, 11) is 1.32. The Hall–Kier alpha value is -1.87. The molecule has 2 aromatic heterocycles. The highest BCUT2D eigenvalue weighted by molar-refractivity contribution is 7.99. The lowest BCUT2D eigenvalue weighted by Gasteiger charge is -2.18. The molecule has 0 saturated carbocycles. The van der Waals surface area contributed by atoms with Crippen molar-refractivity contribution in [3.63, 3.8) is 0 Å². The number of anilines is 1. The minimum absolute atomic E-state index is 0.113. The third-order valence-corrected chi connectivity index (χ3v) is 6.72. The van der Waals surface area contributed by atoms with Crippen LogP contribution in [0.5, 0.6) is 0 Å². The summed E-state index contributed by atoms with van der Waals surface area (Å²) in [5, 5.41) is 4.21. The van der Waals surface area contributed by atoms with Gasteiger partial charge in [0.25, 0.3) is 0 Å². The molecular weight excluding hydrogens is 396 g/mol. The molecule has 0 fully saturated rings. The Bertz CT molecular complexity index is 882. The van der Waals surface area contributed by atoms with Crippen LogP contribution in [0.4, 0.5) is 5.82 Å².